The molecule has 0 aromatic heterocycles. The Balaban J connectivity index is 0.000000285. The zero-order chi connectivity index (χ0) is 28.8. The monoisotopic (exact) mass is 582 g/mol. The van der Waals surface area contributed by atoms with Gasteiger partial charge in [0.1, 0.15) is 0 Å². The SMILES string of the molecule is CCc1cc(C(=O)O)ccc1Br.CCc1cc(C(=O)O)ccc1C#N.CCc1cc(C(=O)O)ccc1CN. The molecule has 8 nitrogen and oxygen atoms in total. The highest BCUT2D eigenvalue weighted by atomic mass is 79.9. The van der Waals surface area contributed by atoms with E-state index in [1.807, 2.05) is 26.8 Å². The average molecular weight is 583 g/mol. The maximum absolute atomic E-state index is 10.6. The number of rotatable bonds is 7. The predicted octanol–water partition coefficient (Wildman–Crippen LogP) is 5.93. The van der Waals surface area contributed by atoms with Gasteiger partial charge in [0.05, 0.1) is 28.3 Å². The molecule has 5 N–H and O–H groups in total. The number of nitrogens with zero attached hydrogens (tertiary/aromatic N) is 1. The van der Waals surface area contributed by atoms with Crippen LogP contribution >= 0.6 is 15.9 Å². The minimum atomic E-state index is -0.959. The van der Waals surface area contributed by atoms with E-state index in [2.05, 4.69) is 15.9 Å². The van der Waals surface area contributed by atoms with Crippen LogP contribution in [0.15, 0.2) is 59.1 Å². The average Bonchev–Trinajstić information content (AvgIpc) is 2.92. The van der Waals surface area contributed by atoms with E-state index >= 15 is 0 Å². The zero-order valence-corrected chi connectivity index (χ0v) is 23.1. The maximum atomic E-state index is 10.6. The number of hydrogen-bond acceptors (Lipinski definition) is 5. The summed E-state index contributed by atoms with van der Waals surface area (Å²) in [7, 11) is 0. The molecule has 0 saturated carbocycles. The van der Waals surface area contributed by atoms with Gasteiger partial charge in [0.25, 0.3) is 0 Å². The van der Waals surface area contributed by atoms with Crippen LogP contribution in [0.2, 0.25) is 0 Å². The third kappa shape index (κ3) is 9.47. The molecular weight excluding hydrogens is 552 g/mol. The largest absolute Gasteiger partial charge is 0.478 e. The molecule has 9 heteroatoms. The smallest absolute Gasteiger partial charge is 0.335 e. The highest BCUT2D eigenvalue weighted by molar-refractivity contribution is 9.10. The van der Waals surface area contributed by atoms with Crippen LogP contribution in [0.5, 0.6) is 0 Å². The fraction of sp³-hybridized carbons (Fsp3) is 0.241. The summed E-state index contributed by atoms with van der Waals surface area (Å²) in [5.41, 5.74) is 10.8. The van der Waals surface area contributed by atoms with Gasteiger partial charge in [-0.05, 0) is 90.0 Å². The maximum Gasteiger partial charge on any atom is 0.335 e. The van der Waals surface area contributed by atoms with Crippen LogP contribution in [0.25, 0.3) is 0 Å². The highest BCUT2D eigenvalue weighted by Crippen LogP contribution is 2.18. The Hall–Kier alpha value is -4.00. The van der Waals surface area contributed by atoms with Crippen LogP contribution in [-0.2, 0) is 25.8 Å². The van der Waals surface area contributed by atoms with E-state index in [1.165, 1.54) is 6.07 Å². The lowest BCUT2D eigenvalue weighted by molar-refractivity contribution is 0.0686. The molecule has 0 saturated heterocycles. The van der Waals surface area contributed by atoms with Gasteiger partial charge in [-0.25, -0.2) is 14.4 Å². The van der Waals surface area contributed by atoms with Gasteiger partial charge in [0.2, 0.25) is 0 Å². The second kappa shape index (κ2) is 16.0. The molecule has 0 radical (unpaired) electrons. The number of carboxylic acid groups (broad SMARTS) is 3. The molecule has 0 spiro atoms. The molecule has 0 aliphatic heterocycles. The quantitative estimate of drug-likeness (QED) is 0.266. The van der Waals surface area contributed by atoms with E-state index in [-0.39, 0.29) is 5.56 Å². The molecule has 0 heterocycles. The van der Waals surface area contributed by atoms with Gasteiger partial charge in [0, 0.05) is 11.0 Å². The highest BCUT2D eigenvalue weighted by Gasteiger charge is 2.07. The summed E-state index contributed by atoms with van der Waals surface area (Å²) in [4.78, 5) is 31.8. The first-order chi connectivity index (χ1) is 18.0. The molecule has 0 fully saturated rings. The number of halogens is 1. The number of aromatic carboxylic acids is 3. The molecule has 200 valence electrons. The lowest BCUT2D eigenvalue weighted by atomic mass is 10.0. The number of hydrogen-bond donors (Lipinski definition) is 4. The van der Waals surface area contributed by atoms with E-state index in [1.54, 1.807) is 48.5 Å². The van der Waals surface area contributed by atoms with Crippen molar-refractivity contribution in [3.05, 3.63) is 104 Å². The van der Waals surface area contributed by atoms with E-state index in [9.17, 15) is 14.4 Å². The molecule has 0 bridgehead atoms. The Kier molecular flexibility index (Phi) is 13.5. The van der Waals surface area contributed by atoms with Gasteiger partial charge in [-0.2, -0.15) is 5.26 Å². The van der Waals surface area contributed by atoms with Crippen molar-refractivity contribution in [3.63, 3.8) is 0 Å². The van der Waals surface area contributed by atoms with E-state index in [0.29, 0.717) is 29.7 Å². The molecule has 0 atom stereocenters. The van der Waals surface area contributed by atoms with Crippen molar-refractivity contribution in [3.8, 4) is 6.07 Å². The lowest BCUT2D eigenvalue weighted by Crippen LogP contribution is -2.04. The Morgan fingerprint density at radius 2 is 1.13 bits per heavy atom. The number of carbonyl (C=O) groups is 3. The van der Waals surface area contributed by atoms with Crippen LogP contribution in [0.1, 0.15) is 79.7 Å². The normalized spacial score (nSPS) is 9.68. The van der Waals surface area contributed by atoms with Crippen molar-refractivity contribution in [2.75, 3.05) is 0 Å². The number of aryl methyl sites for hydroxylation is 3. The van der Waals surface area contributed by atoms with Crippen molar-refractivity contribution >= 4 is 33.8 Å². The van der Waals surface area contributed by atoms with Crippen LogP contribution < -0.4 is 5.73 Å². The third-order valence-electron chi connectivity index (χ3n) is 5.58. The first-order valence-electron chi connectivity index (χ1n) is 11.9. The molecule has 3 rings (SSSR count). The fourth-order valence-electron chi connectivity index (χ4n) is 3.39. The molecule has 0 aliphatic carbocycles. The van der Waals surface area contributed by atoms with Gasteiger partial charge in [-0.1, -0.05) is 42.8 Å². The number of nitriles is 1. The number of nitrogens with two attached hydrogens (primary N) is 1. The Labute approximate surface area is 230 Å². The van der Waals surface area contributed by atoms with Crippen LogP contribution in [0, 0.1) is 11.3 Å². The summed E-state index contributed by atoms with van der Waals surface area (Å²) >= 11 is 3.35. The third-order valence-corrected chi connectivity index (χ3v) is 6.35. The minimum absolute atomic E-state index is 0.232. The second-order valence-electron chi connectivity index (χ2n) is 7.95. The molecule has 3 aromatic rings. The standard InChI is InChI=1S/C10H13NO2.C10H9NO2.C9H9BrO2/c2*1-2-7-5-8(10(12)13)3-4-9(7)6-11;1-2-6-5-7(9(11)12)3-4-8(6)10/h3-5H,2,6,11H2,1H3,(H,12,13);3-5H,2H2,1H3,(H,12,13);3-5H,2H2,1H3,(H,11,12). The topological polar surface area (TPSA) is 162 Å². The number of carboxylic acids is 3. The predicted molar refractivity (Wildman–Crippen MR) is 149 cm³/mol. The van der Waals surface area contributed by atoms with Gasteiger partial charge < -0.3 is 21.1 Å². The first kappa shape index (κ1) is 32.0. The molecule has 38 heavy (non-hydrogen) atoms. The van der Waals surface area contributed by atoms with Crippen molar-refractivity contribution in [2.45, 2.75) is 46.6 Å². The van der Waals surface area contributed by atoms with Crippen LogP contribution in [0.4, 0.5) is 0 Å². The molecule has 3 aromatic carbocycles. The van der Waals surface area contributed by atoms with Crippen molar-refractivity contribution < 1.29 is 29.7 Å². The first-order valence-corrected chi connectivity index (χ1v) is 12.6. The Bertz CT molecular complexity index is 1330. The van der Waals surface area contributed by atoms with Crippen molar-refractivity contribution in [1.29, 1.82) is 5.26 Å². The molecule has 0 amide bonds. The van der Waals surface area contributed by atoms with Gasteiger partial charge in [-0.3, -0.25) is 0 Å². The summed E-state index contributed by atoms with van der Waals surface area (Å²) < 4.78 is 0.968. The molecular formula is C29H31BrN2O6. The molecule has 0 aliphatic rings. The summed E-state index contributed by atoms with van der Waals surface area (Å²) in [6.07, 6.45) is 2.32. The minimum Gasteiger partial charge on any atom is -0.478 e. The van der Waals surface area contributed by atoms with Crippen molar-refractivity contribution in [2.24, 2.45) is 5.73 Å². The van der Waals surface area contributed by atoms with Gasteiger partial charge in [0.15, 0.2) is 0 Å². The van der Waals surface area contributed by atoms with Gasteiger partial charge >= 0.3 is 17.9 Å². The van der Waals surface area contributed by atoms with E-state index in [4.69, 9.17) is 26.3 Å². The lowest BCUT2D eigenvalue weighted by Gasteiger charge is -2.05. The summed E-state index contributed by atoms with van der Waals surface area (Å²) in [6.45, 7) is 6.33. The van der Waals surface area contributed by atoms with Crippen LogP contribution in [0.3, 0.4) is 0 Å². The second-order valence-corrected chi connectivity index (χ2v) is 8.81. The summed E-state index contributed by atoms with van der Waals surface area (Å²) in [5, 5.41) is 34.8. The van der Waals surface area contributed by atoms with E-state index in [0.717, 1.165) is 39.6 Å². The summed E-state index contributed by atoms with van der Waals surface area (Å²) in [6, 6.07) is 16.6. The zero-order valence-electron chi connectivity index (χ0n) is 21.5. The Morgan fingerprint density at radius 1 is 0.711 bits per heavy atom. The van der Waals surface area contributed by atoms with Crippen molar-refractivity contribution in [1.82, 2.24) is 0 Å². The van der Waals surface area contributed by atoms with Gasteiger partial charge in [-0.15, -0.1) is 0 Å². The molecule has 0 unspecified atom stereocenters. The van der Waals surface area contributed by atoms with Crippen LogP contribution in [-0.4, -0.2) is 33.2 Å². The van der Waals surface area contributed by atoms with E-state index < -0.39 is 17.9 Å². The Morgan fingerprint density at radius 3 is 1.55 bits per heavy atom. The summed E-state index contributed by atoms with van der Waals surface area (Å²) in [5.74, 6) is -2.73. The fourth-order valence-corrected chi connectivity index (χ4v) is 3.92. The number of benzene rings is 3.